The van der Waals surface area contributed by atoms with Crippen molar-refractivity contribution in [2.75, 3.05) is 7.11 Å². The summed E-state index contributed by atoms with van der Waals surface area (Å²) < 4.78 is 41.9. The predicted molar refractivity (Wildman–Crippen MR) is 49.9 cm³/mol. The normalized spacial score (nSPS) is 10.6. The van der Waals surface area contributed by atoms with Gasteiger partial charge in [-0.25, -0.2) is 13.8 Å². The van der Waals surface area contributed by atoms with Gasteiger partial charge in [0, 0.05) is 5.56 Å². The summed E-state index contributed by atoms with van der Waals surface area (Å²) in [6.45, 7) is 0. The first kappa shape index (κ1) is 12.8. The van der Waals surface area contributed by atoms with Gasteiger partial charge in [-0.2, -0.15) is 4.39 Å². The molecular formula is C9H7ClF3NO2. The number of halogens is 4. The van der Waals surface area contributed by atoms with Crippen molar-refractivity contribution in [2.45, 2.75) is 12.8 Å². The molecule has 7 heteroatoms. The molecule has 88 valence electrons. The molecule has 0 aromatic carbocycles. The van der Waals surface area contributed by atoms with E-state index in [0.29, 0.717) is 0 Å². The minimum atomic E-state index is -2.92. The van der Waals surface area contributed by atoms with Gasteiger partial charge in [-0.15, -0.1) is 0 Å². The number of carbonyl (C=O) groups is 1. The van der Waals surface area contributed by atoms with Crippen LogP contribution in [-0.4, -0.2) is 18.1 Å². The van der Waals surface area contributed by atoms with Crippen LogP contribution in [0.25, 0.3) is 0 Å². The van der Waals surface area contributed by atoms with Crippen LogP contribution in [0.2, 0.25) is 5.02 Å². The van der Waals surface area contributed by atoms with E-state index >= 15 is 0 Å². The molecule has 1 aromatic heterocycles. The van der Waals surface area contributed by atoms with Crippen LogP contribution in [0, 0.1) is 5.95 Å². The maximum Gasteiger partial charge on any atom is 0.310 e. The lowest BCUT2D eigenvalue weighted by Crippen LogP contribution is -2.09. The Labute approximate surface area is 94.2 Å². The third-order valence-corrected chi connectivity index (χ3v) is 2.15. The van der Waals surface area contributed by atoms with Crippen molar-refractivity contribution in [3.8, 4) is 0 Å². The number of hydrogen-bond donors (Lipinski definition) is 0. The van der Waals surface area contributed by atoms with Crippen LogP contribution in [0.4, 0.5) is 13.2 Å². The number of aromatic nitrogens is 1. The summed E-state index contributed by atoms with van der Waals surface area (Å²) in [4.78, 5) is 13.9. The van der Waals surface area contributed by atoms with Gasteiger partial charge in [-0.05, 0) is 6.07 Å². The van der Waals surface area contributed by atoms with E-state index in [4.69, 9.17) is 11.6 Å². The highest BCUT2D eigenvalue weighted by molar-refractivity contribution is 6.31. The summed E-state index contributed by atoms with van der Waals surface area (Å²) in [5, 5.41) is -0.270. The molecule has 0 spiro atoms. The highest BCUT2D eigenvalue weighted by atomic mass is 35.5. The zero-order valence-electron chi connectivity index (χ0n) is 8.14. The number of hydrogen-bond acceptors (Lipinski definition) is 3. The Kier molecular flexibility index (Phi) is 4.12. The second kappa shape index (κ2) is 5.16. The zero-order valence-corrected chi connectivity index (χ0v) is 8.89. The van der Waals surface area contributed by atoms with Crippen LogP contribution < -0.4 is 0 Å². The molecule has 0 aliphatic heterocycles. The first-order valence-electron chi connectivity index (χ1n) is 4.15. The lowest BCUT2D eigenvalue weighted by atomic mass is 10.2. The molecule has 1 heterocycles. The molecule has 0 fully saturated rings. The van der Waals surface area contributed by atoms with Crippen molar-refractivity contribution in [1.29, 1.82) is 0 Å². The molecule has 0 amide bonds. The van der Waals surface area contributed by atoms with Crippen molar-refractivity contribution in [3.05, 3.63) is 28.3 Å². The SMILES string of the molecule is COC(=O)Cc1c(Cl)cc(C(F)F)nc1F. The third kappa shape index (κ3) is 2.85. The van der Waals surface area contributed by atoms with Crippen molar-refractivity contribution in [3.63, 3.8) is 0 Å². The molecule has 0 saturated carbocycles. The molecule has 1 rings (SSSR count). The lowest BCUT2D eigenvalue weighted by Gasteiger charge is -2.06. The summed E-state index contributed by atoms with van der Waals surface area (Å²) in [5.41, 5.74) is -1.02. The second-order valence-electron chi connectivity index (χ2n) is 2.85. The van der Waals surface area contributed by atoms with E-state index in [1.807, 2.05) is 0 Å². The van der Waals surface area contributed by atoms with Gasteiger partial charge in [0.25, 0.3) is 6.43 Å². The summed E-state index contributed by atoms with van der Waals surface area (Å²) in [6, 6.07) is 0.827. The number of carbonyl (C=O) groups excluding carboxylic acids is 1. The molecule has 0 atom stereocenters. The maximum absolute atomic E-state index is 13.2. The van der Waals surface area contributed by atoms with Crippen LogP contribution >= 0.6 is 11.6 Å². The molecule has 0 aliphatic rings. The van der Waals surface area contributed by atoms with Gasteiger partial charge < -0.3 is 4.74 Å². The van der Waals surface area contributed by atoms with Crippen LogP contribution in [-0.2, 0) is 16.0 Å². The fourth-order valence-corrected chi connectivity index (χ4v) is 1.27. The molecule has 0 saturated heterocycles. The van der Waals surface area contributed by atoms with Crippen LogP contribution in [0.5, 0.6) is 0 Å². The molecule has 0 aliphatic carbocycles. The van der Waals surface area contributed by atoms with E-state index in [2.05, 4.69) is 9.72 Å². The van der Waals surface area contributed by atoms with E-state index in [1.54, 1.807) is 0 Å². The average molecular weight is 254 g/mol. The van der Waals surface area contributed by atoms with Crippen LogP contribution in [0.1, 0.15) is 17.7 Å². The molecule has 1 aromatic rings. The third-order valence-electron chi connectivity index (χ3n) is 1.81. The minimum absolute atomic E-state index is 0.252. The Morgan fingerprint density at radius 1 is 1.62 bits per heavy atom. The minimum Gasteiger partial charge on any atom is -0.469 e. The number of ether oxygens (including phenoxy) is 1. The summed E-state index contributed by atoms with van der Waals surface area (Å²) >= 11 is 5.56. The Hall–Kier alpha value is -1.30. The molecule has 0 N–H and O–H groups in total. The number of rotatable bonds is 3. The van der Waals surface area contributed by atoms with Gasteiger partial charge in [-0.1, -0.05) is 11.6 Å². The van der Waals surface area contributed by atoms with Crippen LogP contribution in [0.3, 0.4) is 0 Å². The van der Waals surface area contributed by atoms with Gasteiger partial charge >= 0.3 is 5.97 Å². The molecule has 3 nitrogen and oxygen atoms in total. The largest absolute Gasteiger partial charge is 0.469 e. The van der Waals surface area contributed by atoms with E-state index in [0.717, 1.165) is 13.2 Å². The van der Waals surface area contributed by atoms with Crippen molar-refractivity contribution >= 4 is 17.6 Å². The summed E-state index contributed by atoms with van der Waals surface area (Å²) in [5.74, 6) is -1.92. The number of esters is 1. The Balaban J connectivity index is 3.07. The van der Waals surface area contributed by atoms with Gasteiger partial charge in [-0.3, -0.25) is 4.79 Å². The van der Waals surface area contributed by atoms with E-state index in [-0.39, 0.29) is 10.6 Å². The van der Waals surface area contributed by atoms with Gasteiger partial charge in [0.2, 0.25) is 5.95 Å². The number of pyridine rings is 1. The van der Waals surface area contributed by atoms with Gasteiger partial charge in [0.15, 0.2) is 0 Å². The highest BCUT2D eigenvalue weighted by Crippen LogP contribution is 2.25. The Morgan fingerprint density at radius 2 is 2.25 bits per heavy atom. The van der Waals surface area contributed by atoms with Gasteiger partial charge in [0.1, 0.15) is 5.69 Å². The first-order chi connectivity index (χ1) is 7.45. The Bertz CT molecular complexity index is 389. The average Bonchev–Trinajstić information content (AvgIpc) is 2.22. The highest BCUT2D eigenvalue weighted by Gasteiger charge is 2.18. The van der Waals surface area contributed by atoms with E-state index in [9.17, 15) is 18.0 Å². The van der Waals surface area contributed by atoms with Gasteiger partial charge in [0.05, 0.1) is 18.6 Å². The molecule has 16 heavy (non-hydrogen) atoms. The number of alkyl halides is 2. The fourth-order valence-electron chi connectivity index (χ4n) is 1.01. The van der Waals surface area contributed by atoms with Crippen molar-refractivity contribution in [2.24, 2.45) is 0 Å². The second-order valence-corrected chi connectivity index (χ2v) is 3.26. The molecule has 0 bridgehead atoms. The van der Waals surface area contributed by atoms with Crippen molar-refractivity contribution < 1.29 is 22.7 Å². The fraction of sp³-hybridized carbons (Fsp3) is 0.333. The predicted octanol–water partition coefficient (Wildman–Crippen LogP) is 2.53. The van der Waals surface area contributed by atoms with E-state index in [1.165, 1.54) is 0 Å². The van der Waals surface area contributed by atoms with Crippen LogP contribution in [0.15, 0.2) is 6.07 Å². The smallest absolute Gasteiger partial charge is 0.310 e. The standard InChI is InChI=1S/C9H7ClF3NO2/c1-16-7(15)2-4-5(10)3-6(8(11)12)14-9(4)13/h3,8H,2H2,1H3. The van der Waals surface area contributed by atoms with E-state index < -0.39 is 30.5 Å². The topological polar surface area (TPSA) is 39.2 Å². The van der Waals surface area contributed by atoms with Crippen molar-refractivity contribution in [1.82, 2.24) is 4.98 Å². The number of methoxy groups -OCH3 is 1. The molecule has 0 radical (unpaired) electrons. The summed E-state index contributed by atoms with van der Waals surface area (Å²) in [7, 11) is 1.12. The molecular weight excluding hydrogens is 247 g/mol. The quantitative estimate of drug-likeness (QED) is 0.614. The Morgan fingerprint density at radius 3 is 2.69 bits per heavy atom. The molecule has 0 unspecified atom stereocenters. The lowest BCUT2D eigenvalue weighted by molar-refractivity contribution is -0.139. The first-order valence-corrected chi connectivity index (χ1v) is 4.53. The zero-order chi connectivity index (χ0) is 12.3. The monoisotopic (exact) mass is 253 g/mol. The summed E-state index contributed by atoms with van der Waals surface area (Å²) in [6.07, 6.45) is -3.36. The number of nitrogens with zero attached hydrogens (tertiary/aromatic N) is 1. The maximum atomic E-state index is 13.2.